The summed E-state index contributed by atoms with van der Waals surface area (Å²) in [5.74, 6) is 3.16. The molecular weight excluding hydrogens is 923 g/mol. The molecule has 3 atom stereocenters. The summed E-state index contributed by atoms with van der Waals surface area (Å²) in [5, 5.41) is 1.52. The van der Waals surface area contributed by atoms with Gasteiger partial charge in [-0.25, -0.2) is 13.6 Å². The number of hydrogen-bond acceptors (Lipinski definition) is 12. The predicted octanol–water partition coefficient (Wildman–Crippen LogP) is 11.4. The number of amides is 1. The van der Waals surface area contributed by atoms with Crippen LogP contribution in [-0.2, 0) is 18.9 Å². The molecule has 1 spiro atoms. The number of pyridine rings is 1. The van der Waals surface area contributed by atoms with Gasteiger partial charge in [0.05, 0.1) is 22.6 Å². The van der Waals surface area contributed by atoms with Crippen LogP contribution in [0, 0.1) is 28.5 Å². The highest BCUT2D eigenvalue weighted by Gasteiger charge is 2.52. The molecule has 71 heavy (non-hydrogen) atoms. The van der Waals surface area contributed by atoms with E-state index >= 15 is 8.78 Å². The number of piperidine rings is 1. The maximum atomic E-state index is 18.1. The minimum absolute atomic E-state index is 0.0114. The van der Waals surface area contributed by atoms with Gasteiger partial charge >= 0.3 is 12.1 Å². The Hall–Kier alpha value is -4.66. The molecule has 4 aliphatic heterocycles. The van der Waals surface area contributed by atoms with E-state index < -0.39 is 25.2 Å². The Balaban J connectivity index is 1.14. The summed E-state index contributed by atoms with van der Waals surface area (Å²) in [4.78, 5) is 33.9. The monoisotopic (exact) mass is 997 g/mol. The van der Waals surface area contributed by atoms with Crippen molar-refractivity contribution in [2.24, 2.45) is 5.41 Å². The van der Waals surface area contributed by atoms with Crippen molar-refractivity contribution in [3.8, 4) is 34.5 Å². The topological polar surface area (TPSA) is 121 Å². The Bertz CT molecular complexity index is 2630. The minimum atomic E-state index is -2.32. The van der Waals surface area contributed by atoms with Crippen LogP contribution in [0.4, 0.5) is 19.4 Å². The van der Waals surface area contributed by atoms with Crippen LogP contribution in [0.2, 0.25) is 16.6 Å². The van der Waals surface area contributed by atoms with Crippen LogP contribution in [0.15, 0.2) is 30.5 Å². The van der Waals surface area contributed by atoms with Gasteiger partial charge in [-0.1, -0.05) is 53.5 Å². The lowest BCUT2D eigenvalue weighted by atomic mass is 9.62. The number of fused-ring (bicyclic) bond motifs is 3. The van der Waals surface area contributed by atoms with Gasteiger partial charge in [0.15, 0.2) is 25.1 Å². The van der Waals surface area contributed by atoms with E-state index in [2.05, 4.69) is 62.8 Å². The number of nitrogens with zero attached hydrogens (tertiary/aromatic N) is 6. The van der Waals surface area contributed by atoms with Crippen molar-refractivity contribution in [1.29, 1.82) is 0 Å². The van der Waals surface area contributed by atoms with Crippen molar-refractivity contribution in [3.63, 3.8) is 0 Å². The molecule has 0 bridgehead atoms. The Morgan fingerprint density at radius 3 is 2.46 bits per heavy atom. The largest absolute Gasteiger partial charge is 0.468 e. The molecular formula is C55H74F2N6O7Si. The Morgan fingerprint density at radius 1 is 0.972 bits per heavy atom. The number of aromatic nitrogens is 3. The fourth-order valence-electron chi connectivity index (χ4n) is 12.9. The smallest absolute Gasteiger partial charge is 0.411 e. The first-order chi connectivity index (χ1) is 34.1. The average molecular weight is 997 g/mol. The van der Waals surface area contributed by atoms with Gasteiger partial charge in [-0.2, -0.15) is 9.97 Å². The molecule has 16 heteroatoms. The Labute approximate surface area is 419 Å². The highest BCUT2D eigenvalue weighted by atomic mass is 28.3. The van der Waals surface area contributed by atoms with Gasteiger partial charge in [0.25, 0.3) is 0 Å². The number of benzene rings is 2. The van der Waals surface area contributed by atoms with E-state index in [1.807, 2.05) is 6.92 Å². The molecule has 13 nitrogen and oxygen atoms in total. The summed E-state index contributed by atoms with van der Waals surface area (Å²) in [6, 6.07) is 6.64. The van der Waals surface area contributed by atoms with Gasteiger partial charge in [-0.05, 0) is 117 Å². The Kier molecular flexibility index (Phi) is 15.2. The van der Waals surface area contributed by atoms with Gasteiger partial charge in [0, 0.05) is 70.5 Å². The number of anilines is 1. The number of carbonyl (C=O) groups excluding carboxylic acids is 1. The molecule has 1 unspecified atom stereocenters. The zero-order valence-electron chi connectivity index (χ0n) is 43.4. The zero-order valence-corrected chi connectivity index (χ0v) is 44.4. The average Bonchev–Trinajstić information content (AvgIpc) is 3.92. The highest BCUT2D eigenvalue weighted by molar-refractivity contribution is 6.90. The van der Waals surface area contributed by atoms with E-state index in [9.17, 15) is 4.79 Å². The van der Waals surface area contributed by atoms with Crippen molar-refractivity contribution in [2.45, 2.75) is 160 Å². The SMILES string of the molecule is CCN(C)C(=O)O[C@H]1CC[C@@]2(COc3nc(N4CCCC5(CC(OC6CCCCO6)C5)C4)c4cnc(-c5cc(OCOC)cc6ccc(F)c(C#C[Si](C(C)C)(C(C)C)C(C)C)c56)c(F)c4n3)CCCN12. The first-order valence-electron chi connectivity index (χ1n) is 26.2. The van der Waals surface area contributed by atoms with Crippen LogP contribution < -0.4 is 14.4 Å². The number of hydrogen-bond donors (Lipinski definition) is 0. The van der Waals surface area contributed by atoms with Gasteiger partial charge in [0.2, 0.25) is 0 Å². The third-order valence-corrected chi connectivity index (χ3v) is 23.0. The summed E-state index contributed by atoms with van der Waals surface area (Å²) in [5.41, 5.74) is 4.81. The fourth-order valence-corrected chi connectivity index (χ4v) is 18.1. The molecule has 1 saturated carbocycles. The lowest BCUT2D eigenvalue weighted by molar-refractivity contribution is -0.223. The molecule has 384 valence electrons. The molecule has 4 saturated heterocycles. The van der Waals surface area contributed by atoms with Crippen molar-refractivity contribution < 1.29 is 42.0 Å². The van der Waals surface area contributed by atoms with E-state index in [-0.39, 0.29) is 66.3 Å². The number of halogens is 2. The summed E-state index contributed by atoms with van der Waals surface area (Å²) >= 11 is 0. The second-order valence-electron chi connectivity index (χ2n) is 21.9. The van der Waals surface area contributed by atoms with Gasteiger partial charge in [-0.15, -0.1) is 5.54 Å². The number of ether oxygens (including phenoxy) is 6. The highest BCUT2D eigenvalue weighted by Crippen LogP contribution is 2.51. The van der Waals surface area contributed by atoms with E-state index in [0.29, 0.717) is 76.0 Å². The van der Waals surface area contributed by atoms with E-state index in [1.165, 1.54) is 13.2 Å². The van der Waals surface area contributed by atoms with Crippen molar-refractivity contribution in [3.05, 3.63) is 47.7 Å². The molecule has 5 fully saturated rings. The lowest BCUT2D eigenvalue weighted by Crippen LogP contribution is -2.54. The Morgan fingerprint density at radius 2 is 1.75 bits per heavy atom. The van der Waals surface area contributed by atoms with Gasteiger partial charge < -0.3 is 38.2 Å². The summed E-state index contributed by atoms with van der Waals surface area (Å²) in [6.45, 7) is 18.9. The summed E-state index contributed by atoms with van der Waals surface area (Å²) in [7, 11) is 0.944. The lowest BCUT2D eigenvalue weighted by Gasteiger charge is -2.53. The molecule has 0 radical (unpaired) electrons. The van der Waals surface area contributed by atoms with Crippen LogP contribution in [0.25, 0.3) is 32.9 Å². The van der Waals surface area contributed by atoms with E-state index in [4.69, 9.17) is 43.4 Å². The van der Waals surface area contributed by atoms with Crippen LogP contribution in [0.5, 0.6) is 11.8 Å². The van der Waals surface area contributed by atoms with E-state index in [0.717, 1.165) is 77.4 Å². The first-order valence-corrected chi connectivity index (χ1v) is 28.4. The molecule has 6 heterocycles. The van der Waals surface area contributed by atoms with Crippen molar-refractivity contribution in [2.75, 3.05) is 65.2 Å². The van der Waals surface area contributed by atoms with Crippen molar-refractivity contribution in [1.82, 2.24) is 24.8 Å². The fraction of sp³-hybridized carbons (Fsp3) is 0.636. The molecule has 5 aliphatic rings. The summed E-state index contributed by atoms with van der Waals surface area (Å²) < 4.78 is 71.0. The van der Waals surface area contributed by atoms with Crippen molar-refractivity contribution >= 4 is 41.7 Å². The third-order valence-electron chi connectivity index (χ3n) is 16.7. The third kappa shape index (κ3) is 9.95. The van der Waals surface area contributed by atoms with Crippen LogP contribution in [0.1, 0.15) is 125 Å². The summed E-state index contributed by atoms with van der Waals surface area (Å²) in [6.07, 6.45) is 11.0. The maximum Gasteiger partial charge on any atom is 0.411 e. The maximum absolute atomic E-state index is 18.1. The van der Waals surface area contributed by atoms with Gasteiger partial charge in [0.1, 0.15) is 43.3 Å². The number of methoxy groups -OCH3 is 1. The standard InChI is InChI=1S/C55H74F2N6O7Si/c1-10-61(8)53(64)70-45-18-22-55(21-14-24-63(45)55)33-67-52-59-50-43(51(60-52)62-23-13-20-54(32-62)29-40(30-54)69-46-15-11-12-25-66-46)31-58-49(48(50)57)42-28-39(68-34-65-9)27-38-16-17-44(56)41(47(38)42)19-26-71(35(2)3,36(4)5)37(6)7/h16-17,27-28,31,35-37,40,45-46H,10-15,18,20-25,29-30,32-34H2,1-9H3/t40?,45-,46?,54?,55+/m0/s1. The molecule has 9 rings (SSSR count). The molecule has 1 amide bonds. The first kappa shape index (κ1) is 51.2. The van der Waals surface area contributed by atoms with Crippen LogP contribution >= 0.6 is 0 Å². The number of rotatable bonds is 15. The molecule has 2 aromatic heterocycles. The molecule has 2 aromatic carbocycles. The van der Waals surface area contributed by atoms with Crippen LogP contribution in [0.3, 0.4) is 0 Å². The van der Waals surface area contributed by atoms with Crippen LogP contribution in [-0.4, -0.2) is 123 Å². The predicted molar refractivity (Wildman–Crippen MR) is 274 cm³/mol. The second-order valence-corrected chi connectivity index (χ2v) is 27.5. The van der Waals surface area contributed by atoms with Gasteiger partial charge in [-0.3, -0.25) is 9.88 Å². The van der Waals surface area contributed by atoms with E-state index in [1.54, 1.807) is 36.3 Å². The minimum Gasteiger partial charge on any atom is -0.468 e. The second kappa shape index (κ2) is 21.1. The molecule has 1 aliphatic carbocycles. The molecule has 0 N–H and O–H groups in total. The number of carbonyl (C=O) groups is 1. The zero-order chi connectivity index (χ0) is 50.2. The normalized spacial score (nSPS) is 24.7. The quantitative estimate of drug-likeness (QED) is 0.0640. The molecule has 4 aromatic rings.